The van der Waals surface area contributed by atoms with Gasteiger partial charge in [-0.05, 0) is 24.8 Å². The molecule has 0 amide bonds. The average molecular weight is 299 g/mol. The Morgan fingerprint density at radius 3 is 2.65 bits per heavy atom. The van der Waals surface area contributed by atoms with Crippen LogP contribution in [0.15, 0.2) is 17.2 Å². The molecule has 20 heavy (non-hydrogen) atoms. The zero-order valence-electron chi connectivity index (χ0n) is 12.5. The number of aromatic nitrogens is 1. The van der Waals surface area contributed by atoms with E-state index >= 15 is 0 Å². The molecular weight excluding hydrogens is 274 g/mol. The summed E-state index contributed by atoms with van der Waals surface area (Å²) in [5, 5.41) is 3.30. The van der Waals surface area contributed by atoms with Crippen LogP contribution in [-0.2, 0) is 23.6 Å². The summed E-state index contributed by atoms with van der Waals surface area (Å²) >= 11 is 0. The van der Waals surface area contributed by atoms with Crippen molar-refractivity contribution >= 4 is 10.0 Å². The van der Waals surface area contributed by atoms with Gasteiger partial charge in [0.25, 0.3) is 0 Å². The maximum atomic E-state index is 12.2. The number of hydrogen-bond donors (Lipinski definition) is 2. The van der Waals surface area contributed by atoms with Crippen LogP contribution in [0.1, 0.15) is 38.8 Å². The first-order valence-electron chi connectivity index (χ1n) is 7.27. The first kappa shape index (κ1) is 15.5. The molecule has 0 saturated heterocycles. The summed E-state index contributed by atoms with van der Waals surface area (Å²) in [5.41, 5.74) is 0.975. The van der Waals surface area contributed by atoms with Gasteiger partial charge in [0.2, 0.25) is 10.0 Å². The minimum Gasteiger partial charge on any atom is -0.352 e. The first-order valence-corrected chi connectivity index (χ1v) is 8.75. The molecule has 1 heterocycles. The number of sulfonamides is 1. The summed E-state index contributed by atoms with van der Waals surface area (Å²) in [5.74, 6) is 0.524. The number of nitrogens with zero attached hydrogens (tertiary/aromatic N) is 1. The molecule has 2 N–H and O–H groups in total. The number of hydrogen-bond acceptors (Lipinski definition) is 3. The molecule has 0 aromatic carbocycles. The molecule has 0 aliphatic heterocycles. The Morgan fingerprint density at radius 2 is 2.10 bits per heavy atom. The zero-order chi connectivity index (χ0) is 14.8. The largest absolute Gasteiger partial charge is 0.352 e. The molecule has 1 aliphatic carbocycles. The molecule has 114 valence electrons. The highest BCUT2D eigenvalue weighted by Gasteiger charge is 2.22. The average Bonchev–Trinajstić information content (AvgIpc) is 2.66. The van der Waals surface area contributed by atoms with Crippen LogP contribution in [0.5, 0.6) is 0 Å². The van der Waals surface area contributed by atoms with Crippen molar-refractivity contribution in [1.82, 2.24) is 14.6 Å². The van der Waals surface area contributed by atoms with Gasteiger partial charge in [0, 0.05) is 38.1 Å². The highest BCUT2D eigenvalue weighted by Crippen LogP contribution is 2.25. The summed E-state index contributed by atoms with van der Waals surface area (Å²) in [6, 6.07) is 2.13. The van der Waals surface area contributed by atoms with E-state index in [2.05, 4.69) is 23.9 Å². The van der Waals surface area contributed by atoms with Crippen molar-refractivity contribution in [2.75, 3.05) is 6.54 Å². The lowest BCUT2D eigenvalue weighted by molar-refractivity contribution is 0.316. The lowest BCUT2D eigenvalue weighted by atomic mass is 9.86. The van der Waals surface area contributed by atoms with E-state index in [1.165, 1.54) is 6.42 Å². The summed E-state index contributed by atoms with van der Waals surface area (Å²) in [6.45, 7) is 5.38. The zero-order valence-corrected chi connectivity index (χ0v) is 13.3. The van der Waals surface area contributed by atoms with Crippen molar-refractivity contribution in [1.29, 1.82) is 0 Å². The Morgan fingerprint density at radius 1 is 1.40 bits per heavy atom. The topological polar surface area (TPSA) is 63.1 Å². The van der Waals surface area contributed by atoms with Gasteiger partial charge in [-0.15, -0.1) is 0 Å². The van der Waals surface area contributed by atoms with E-state index in [-0.39, 0.29) is 0 Å². The normalized spacial score (nSPS) is 16.6. The van der Waals surface area contributed by atoms with Crippen LogP contribution in [-0.4, -0.2) is 25.6 Å². The van der Waals surface area contributed by atoms with Crippen LogP contribution in [0.25, 0.3) is 0 Å². The summed E-state index contributed by atoms with van der Waals surface area (Å²) < 4.78 is 29.1. The number of aryl methyl sites for hydroxylation is 1. The van der Waals surface area contributed by atoms with Crippen LogP contribution in [0.2, 0.25) is 0 Å². The van der Waals surface area contributed by atoms with Crippen molar-refractivity contribution in [3.05, 3.63) is 18.0 Å². The Balaban J connectivity index is 2.01. The quantitative estimate of drug-likeness (QED) is 0.804. The number of rotatable bonds is 7. The first-order chi connectivity index (χ1) is 9.38. The molecule has 1 saturated carbocycles. The van der Waals surface area contributed by atoms with Gasteiger partial charge in [-0.1, -0.05) is 20.3 Å². The fourth-order valence-electron chi connectivity index (χ4n) is 2.22. The van der Waals surface area contributed by atoms with Crippen molar-refractivity contribution < 1.29 is 8.42 Å². The molecule has 1 aromatic heterocycles. The molecule has 5 nitrogen and oxygen atoms in total. The van der Waals surface area contributed by atoms with Crippen molar-refractivity contribution in [2.24, 2.45) is 13.0 Å². The van der Waals surface area contributed by atoms with Crippen LogP contribution in [0.4, 0.5) is 0 Å². The SMILES string of the molecule is CC(C)NCc1cc(S(=O)(=O)NCC2CCC2)cn1C. The van der Waals surface area contributed by atoms with Crippen LogP contribution >= 0.6 is 0 Å². The molecule has 6 heteroatoms. The smallest absolute Gasteiger partial charge is 0.242 e. The fraction of sp³-hybridized carbons (Fsp3) is 0.714. The van der Waals surface area contributed by atoms with E-state index in [1.54, 1.807) is 12.3 Å². The van der Waals surface area contributed by atoms with E-state index in [9.17, 15) is 8.42 Å². The summed E-state index contributed by atoms with van der Waals surface area (Å²) in [4.78, 5) is 0.361. The van der Waals surface area contributed by atoms with Crippen LogP contribution in [0.3, 0.4) is 0 Å². The third-order valence-corrected chi connectivity index (χ3v) is 5.26. The van der Waals surface area contributed by atoms with E-state index in [4.69, 9.17) is 0 Å². The molecule has 0 bridgehead atoms. The maximum Gasteiger partial charge on any atom is 0.242 e. The summed E-state index contributed by atoms with van der Waals surface area (Å²) in [7, 11) is -1.49. The van der Waals surface area contributed by atoms with Gasteiger partial charge in [0.1, 0.15) is 0 Å². The Bertz CT molecular complexity index is 545. The highest BCUT2D eigenvalue weighted by molar-refractivity contribution is 7.89. The van der Waals surface area contributed by atoms with E-state index in [0.29, 0.717) is 29.9 Å². The van der Waals surface area contributed by atoms with Crippen LogP contribution in [0, 0.1) is 5.92 Å². The molecule has 0 radical (unpaired) electrons. The maximum absolute atomic E-state index is 12.2. The Labute approximate surface area is 121 Å². The molecule has 0 spiro atoms. The molecule has 1 aliphatic rings. The second-order valence-electron chi connectivity index (χ2n) is 5.96. The second-order valence-corrected chi connectivity index (χ2v) is 7.73. The fourth-order valence-corrected chi connectivity index (χ4v) is 3.43. The van der Waals surface area contributed by atoms with Crippen LogP contribution < -0.4 is 10.0 Å². The Kier molecular flexibility index (Phi) is 4.88. The van der Waals surface area contributed by atoms with E-state index < -0.39 is 10.0 Å². The van der Waals surface area contributed by atoms with Gasteiger partial charge in [0.05, 0.1) is 4.90 Å². The van der Waals surface area contributed by atoms with Crippen molar-refractivity contribution in [2.45, 2.75) is 50.6 Å². The number of nitrogens with one attached hydrogen (secondary N) is 2. The third-order valence-electron chi connectivity index (χ3n) is 3.87. The second kappa shape index (κ2) is 6.28. The lowest BCUT2D eigenvalue weighted by Crippen LogP contribution is -2.32. The summed E-state index contributed by atoms with van der Waals surface area (Å²) in [6.07, 6.45) is 5.19. The van der Waals surface area contributed by atoms with Gasteiger partial charge in [-0.2, -0.15) is 0 Å². The standard InChI is InChI=1S/C14H25N3O2S/c1-11(2)15-9-13-7-14(10-17(13)3)20(18,19)16-8-12-5-4-6-12/h7,10-12,15-16H,4-6,8-9H2,1-3H3. The van der Waals surface area contributed by atoms with Gasteiger partial charge in [-0.3, -0.25) is 0 Å². The van der Waals surface area contributed by atoms with E-state index in [0.717, 1.165) is 18.5 Å². The predicted molar refractivity (Wildman–Crippen MR) is 79.9 cm³/mol. The predicted octanol–water partition coefficient (Wildman–Crippen LogP) is 1.60. The Hall–Kier alpha value is -0.850. The molecule has 0 unspecified atom stereocenters. The highest BCUT2D eigenvalue weighted by atomic mass is 32.2. The minimum atomic E-state index is -3.37. The van der Waals surface area contributed by atoms with Gasteiger partial charge >= 0.3 is 0 Å². The lowest BCUT2D eigenvalue weighted by Gasteiger charge is -2.25. The van der Waals surface area contributed by atoms with Gasteiger partial charge in [-0.25, -0.2) is 13.1 Å². The molecule has 0 atom stereocenters. The molecule has 1 fully saturated rings. The van der Waals surface area contributed by atoms with E-state index in [1.807, 2.05) is 11.6 Å². The monoisotopic (exact) mass is 299 g/mol. The minimum absolute atomic E-state index is 0.361. The van der Waals surface area contributed by atoms with Crippen molar-refractivity contribution in [3.8, 4) is 0 Å². The van der Waals surface area contributed by atoms with Gasteiger partial charge in [0.15, 0.2) is 0 Å². The van der Waals surface area contributed by atoms with Crippen molar-refractivity contribution in [3.63, 3.8) is 0 Å². The third kappa shape index (κ3) is 3.84. The molecule has 1 aromatic rings. The molecule has 2 rings (SSSR count). The van der Waals surface area contributed by atoms with Gasteiger partial charge < -0.3 is 9.88 Å². The molecular formula is C14H25N3O2S.